The van der Waals surface area contributed by atoms with Crippen molar-refractivity contribution in [3.8, 4) is 0 Å². The van der Waals surface area contributed by atoms with Crippen LogP contribution in [0.3, 0.4) is 0 Å². The van der Waals surface area contributed by atoms with E-state index in [0.717, 1.165) is 38.5 Å². The van der Waals surface area contributed by atoms with Crippen molar-refractivity contribution in [2.24, 2.45) is 10.4 Å². The second kappa shape index (κ2) is 8.51. The van der Waals surface area contributed by atoms with Crippen molar-refractivity contribution in [3.63, 3.8) is 0 Å². The molecule has 1 aliphatic carbocycles. The molecule has 0 aromatic carbocycles. The molecule has 1 aromatic rings. The van der Waals surface area contributed by atoms with Crippen LogP contribution in [-0.2, 0) is 11.3 Å². The van der Waals surface area contributed by atoms with Gasteiger partial charge in [0, 0.05) is 37.9 Å². The molecule has 0 saturated heterocycles. The Balaban J connectivity index is 1.73. The fourth-order valence-electron chi connectivity index (χ4n) is 3.02. The smallest absolute Gasteiger partial charge is 0.191 e. The van der Waals surface area contributed by atoms with Crippen LogP contribution in [0.5, 0.6) is 0 Å². The lowest BCUT2D eigenvalue weighted by molar-refractivity contribution is -0.113. The standard InChI is InChI=1S/C18H33N5O/c1-6-7-10-24-16-11-15(18(16,3)4)22-17(19-5)20-8-9-23-13-14(2)12-21-23/h12-13,15-16H,6-11H2,1-5H3,(H2,19,20,22). The van der Waals surface area contributed by atoms with Gasteiger partial charge in [0.15, 0.2) is 5.96 Å². The molecule has 1 saturated carbocycles. The number of aryl methyl sites for hydroxylation is 1. The Hall–Kier alpha value is -1.56. The maximum Gasteiger partial charge on any atom is 0.191 e. The molecule has 2 atom stereocenters. The molecule has 0 aliphatic heterocycles. The summed E-state index contributed by atoms with van der Waals surface area (Å²) in [6.07, 6.45) is 7.62. The fraction of sp³-hybridized carbons (Fsp3) is 0.778. The second-order valence-electron chi connectivity index (χ2n) is 7.25. The fourth-order valence-corrected chi connectivity index (χ4v) is 3.02. The number of hydrogen-bond acceptors (Lipinski definition) is 3. The number of rotatable bonds is 8. The highest BCUT2D eigenvalue weighted by molar-refractivity contribution is 5.80. The van der Waals surface area contributed by atoms with Crippen molar-refractivity contribution in [2.45, 2.75) is 65.6 Å². The Labute approximate surface area is 146 Å². The molecule has 0 amide bonds. The molecular weight excluding hydrogens is 302 g/mol. The van der Waals surface area contributed by atoms with Gasteiger partial charge in [0.2, 0.25) is 0 Å². The minimum atomic E-state index is 0.129. The Morgan fingerprint density at radius 2 is 2.29 bits per heavy atom. The first-order valence-electron chi connectivity index (χ1n) is 9.05. The van der Waals surface area contributed by atoms with Crippen LogP contribution in [0.1, 0.15) is 45.6 Å². The average molecular weight is 335 g/mol. The normalized spacial score (nSPS) is 23.0. The highest BCUT2D eigenvalue weighted by Crippen LogP contribution is 2.42. The summed E-state index contributed by atoms with van der Waals surface area (Å²) < 4.78 is 7.95. The van der Waals surface area contributed by atoms with Gasteiger partial charge >= 0.3 is 0 Å². The molecule has 1 aromatic heterocycles. The molecule has 6 nitrogen and oxygen atoms in total. The van der Waals surface area contributed by atoms with Gasteiger partial charge < -0.3 is 15.4 Å². The van der Waals surface area contributed by atoms with Gasteiger partial charge in [0.1, 0.15) is 0 Å². The third-order valence-electron chi connectivity index (χ3n) is 4.92. The summed E-state index contributed by atoms with van der Waals surface area (Å²) in [5.74, 6) is 0.851. The molecule has 0 bridgehead atoms. The van der Waals surface area contributed by atoms with E-state index in [1.807, 2.05) is 24.1 Å². The zero-order valence-electron chi connectivity index (χ0n) is 15.8. The van der Waals surface area contributed by atoms with Crippen LogP contribution in [0.15, 0.2) is 17.4 Å². The number of ether oxygens (including phenoxy) is 1. The van der Waals surface area contributed by atoms with Gasteiger partial charge in [-0.25, -0.2) is 0 Å². The minimum absolute atomic E-state index is 0.129. The second-order valence-corrected chi connectivity index (χ2v) is 7.25. The van der Waals surface area contributed by atoms with Gasteiger partial charge in [-0.15, -0.1) is 0 Å². The maximum absolute atomic E-state index is 6.01. The average Bonchev–Trinajstić information content (AvgIpc) is 2.97. The molecule has 1 aliphatic rings. The van der Waals surface area contributed by atoms with E-state index in [1.54, 1.807) is 0 Å². The van der Waals surface area contributed by atoms with Gasteiger partial charge in [-0.1, -0.05) is 27.2 Å². The van der Waals surface area contributed by atoms with E-state index in [1.165, 1.54) is 12.0 Å². The summed E-state index contributed by atoms with van der Waals surface area (Å²) in [6, 6.07) is 0.391. The molecule has 24 heavy (non-hydrogen) atoms. The minimum Gasteiger partial charge on any atom is -0.378 e. The molecule has 136 valence electrons. The van der Waals surface area contributed by atoms with E-state index in [0.29, 0.717) is 12.1 Å². The van der Waals surface area contributed by atoms with E-state index in [2.05, 4.69) is 48.4 Å². The van der Waals surface area contributed by atoms with E-state index in [9.17, 15) is 0 Å². The summed E-state index contributed by atoms with van der Waals surface area (Å²) in [7, 11) is 1.81. The summed E-state index contributed by atoms with van der Waals surface area (Å²) in [5.41, 5.74) is 1.31. The molecule has 1 heterocycles. The third kappa shape index (κ3) is 4.72. The highest BCUT2D eigenvalue weighted by atomic mass is 16.5. The third-order valence-corrected chi connectivity index (χ3v) is 4.92. The highest BCUT2D eigenvalue weighted by Gasteiger charge is 2.49. The monoisotopic (exact) mass is 335 g/mol. The zero-order valence-corrected chi connectivity index (χ0v) is 15.8. The first-order valence-corrected chi connectivity index (χ1v) is 9.05. The van der Waals surface area contributed by atoms with Gasteiger partial charge in [-0.2, -0.15) is 5.10 Å². The van der Waals surface area contributed by atoms with Crippen LogP contribution < -0.4 is 10.6 Å². The SMILES string of the molecule is CCCCOC1CC(NC(=NC)NCCn2cc(C)cn2)C1(C)C. The Kier molecular flexibility index (Phi) is 6.66. The molecular formula is C18H33N5O. The maximum atomic E-state index is 6.01. The quantitative estimate of drug-likeness (QED) is 0.435. The van der Waals surface area contributed by atoms with Crippen LogP contribution in [-0.4, -0.2) is 48.1 Å². The van der Waals surface area contributed by atoms with E-state index in [4.69, 9.17) is 4.74 Å². The largest absolute Gasteiger partial charge is 0.378 e. The van der Waals surface area contributed by atoms with Crippen molar-refractivity contribution in [1.29, 1.82) is 0 Å². The lowest BCUT2D eigenvalue weighted by atomic mass is 9.64. The van der Waals surface area contributed by atoms with Gasteiger partial charge in [-0.05, 0) is 25.3 Å². The first-order chi connectivity index (χ1) is 11.5. The Bertz CT molecular complexity index is 537. The van der Waals surface area contributed by atoms with Crippen molar-refractivity contribution < 1.29 is 4.74 Å². The summed E-state index contributed by atoms with van der Waals surface area (Å²) in [5, 5.41) is 11.2. The molecule has 0 spiro atoms. The lowest BCUT2D eigenvalue weighted by Gasteiger charge is -2.52. The topological polar surface area (TPSA) is 63.5 Å². The molecule has 2 N–H and O–H groups in total. The van der Waals surface area contributed by atoms with Crippen molar-refractivity contribution in [3.05, 3.63) is 18.0 Å². The van der Waals surface area contributed by atoms with Crippen LogP contribution in [0.25, 0.3) is 0 Å². The van der Waals surface area contributed by atoms with E-state index >= 15 is 0 Å². The van der Waals surface area contributed by atoms with Gasteiger partial charge in [0.05, 0.1) is 18.8 Å². The zero-order chi connectivity index (χ0) is 17.6. The molecule has 1 fully saturated rings. The molecule has 6 heteroatoms. The van der Waals surface area contributed by atoms with Gasteiger partial charge in [-0.3, -0.25) is 9.67 Å². The summed E-state index contributed by atoms with van der Waals surface area (Å²) in [4.78, 5) is 4.34. The number of unbranched alkanes of at least 4 members (excludes halogenated alkanes) is 1. The van der Waals surface area contributed by atoms with Crippen LogP contribution >= 0.6 is 0 Å². The number of guanidine groups is 1. The van der Waals surface area contributed by atoms with Crippen molar-refractivity contribution in [1.82, 2.24) is 20.4 Å². The van der Waals surface area contributed by atoms with E-state index in [-0.39, 0.29) is 5.41 Å². The molecule has 2 rings (SSSR count). The lowest BCUT2D eigenvalue weighted by Crippen LogP contribution is -2.63. The number of nitrogens with one attached hydrogen (secondary N) is 2. The summed E-state index contributed by atoms with van der Waals surface area (Å²) in [6.45, 7) is 11.3. The molecule has 2 unspecified atom stereocenters. The van der Waals surface area contributed by atoms with Crippen molar-refractivity contribution >= 4 is 5.96 Å². The number of aromatic nitrogens is 2. The Morgan fingerprint density at radius 1 is 1.50 bits per heavy atom. The van der Waals surface area contributed by atoms with E-state index < -0.39 is 0 Å². The number of aliphatic imine (C=N–C) groups is 1. The number of hydrogen-bond donors (Lipinski definition) is 2. The predicted molar refractivity (Wildman–Crippen MR) is 98.3 cm³/mol. The number of nitrogens with zero attached hydrogens (tertiary/aromatic N) is 3. The van der Waals surface area contributed by atoms with Crippen LogP contribution in [0.2, 0.25) is 0 Å². The van der Waals surface area contributed by atoms with Crippen LogP contribution in [0, 0.1) is 12.3 Å². The predicted octanol–water partition coefficient (Wildman–Crippen LogP) is 2.34. The van der Waals surface area contributed by atoms with Crippen LogP contribution in [0.4, 0.5) is 0 Å². The Morgan fingerprint density at radius 3 is 2.88 bits per heavy atom. The van der Waals surface area contributed by atoms with Gasteiger partial charge in [0.25, 0.3) is 0 Å². The summed E-state index contributed by atoms with van der Waals surface area (Å²) >= 11 is 0. The first kappa shape index (κ1) is 18.8. The van der Waals surface area contributed by atoms with Crippen molar-refractivity contribution in [2.75, 3.05) is 20.2 Å². The molecule has 0 radical (unpaired) electrons.